The first-order valence-corrected chi connectivity index (χ1v) is 8.27. The average molecular weight is 408 g/mol. The molecule has 0 saturated carbocycles. The number of hydrogen-bond donors (Lipinski definition) is 2. The Labute approximate surface area is 153 Å². The van der Waals surface area contributed by atoms with Gasteiger partial charge in [0.1, 0.15) is 11.4 Å². The van der Waals surface area contributed by atoms with E-state index >= 15 is 0 Å². The number of hydrogen-bond acceptors (Lipinski definition) is 5. The molecule has 1 amide bonds. The minimum atomic E-state index is -0.521. The molecule has 2 aromatic rings. The summed E-state index contributed by atoms with van der Waals surface area (Å²) in [7, 11) is 3.17. The molecule has 0 fully saturated rings. The van der Waals surface area contributed by atoms with E-state index in [-0.39, 0.29) is 23.2 Å². The predicted molar refractivity (Wildman–Crippen MR) is 99.2 cm³/mol. The highest BCUT2D eigenvalue weighted by atomic mass is 79.9. The van der Waals surface area contributed by atoms with Crippen molar-refractivity contribution < 1.29 is 14.5 Å². The van der Waals surface area contributed by atoms with Crippen molar-refractivity contribution in [2.24, 2.45) is 0 Å². The van der Waals surface area contributed by atoms with Crippen LogP contribution in [0.15, 0.2) is 40.9 Å². The Bertz CT molecular complexity index is 810. The van der Waals surface area contributed by atoms with Gasteiger partial charge in [0.05, 0.1) is 22.5 Å². The first-order valence-electron chi connectivity index (χ1n) is 7.48. The summed E-state index contributed by atoms with van der Waals surface area (Å²) in [5, 5.41) is 16.7. The second kappa shape index (κ2) is 7.98. The van der Waals surface area contributed by atoms with Gasteiger partial charge in [-0.05, 0) is 52.7 Å². The van der Waals surface area contributed by atoms with E-state index in [0.717, 1.165) is 10.0 Å². The number of ether oxygens (including phenoxy) is 1. The van der Waals surface area contributed by atoms with Crippen molar-refractivity contribution in [1.82, 2.24) is 5.32 Å². The van der Waals surface area contributed by atoms with Crippen molar-refractivity contribution in [3.05, 3.63) is 62.1 Å². The van der Waals surface area contributed by atoms with Gasteiger partial charge in [0, 0.05) is 18.7 Å². The third-order valence-electron chi connectivity index (χ3n) is 3.75. The first kappa shape index (κ1) is 18.7. The standard InChI is InChI=1S/C17H18BrN3O4/c1-10(11-5-7-16(25-3)13(18)8-11)20-17(22)12-4-6-14(19-2)15(9-12)21(23)24/h4-10,19H,1-3H3,(H,20,22)/t10-/m0/s1. The molecule has 1 atom stereocenters. The highest BCUT2D eigenvalue weighted by Crippen LogP contribution is 2.29. The zero-order valence-corrected chi connectivity index (χ0v) is 15.6. The van der Waals surface area contributed by atoms with Crippen molar-refractivity contribution in [3.63, 3.8) is 0 Å². The Morgan fingerprint density at radius 1 is 1.28 bits per heavy atom. The maximum absolute atomic E-state index is 12.4. The number of nitro groups is 1. The van der Waals surface area contributed by atoms with E-state index < -0.39 is 4.92 Å². The Kier molecular flexibility index (Phi) is 5.97. The molecular weight excluding hydrogens is 390 g/mol. The van der Waals surface area contributed by atoms with Crippen LogP contribution in [0, 0.1) is 10.1 Å². The molecule has 0 heterocycles. The van der Waals surface area contributed by atoms with Crippen LogP contribution in [-0.2, 0) is 0 Å². The maximum Gasteiger partial charge on any atom is 0.293 e. The van der Waals surface area contributed by atoms with Crippen LogP contribution in [0.25, 0.3) is 0 Å². The van der Waals surface area contributed by atoms with Crippen LogP contribution in [0.1, 0.15) is 28.9 Å². The highest BCUT2D eigenvalue weighted by Gasteiger charge is 2.18. The highest BCUT2D eigenvalue weighted by molar-refractivity contribution is 9.10. The molecule has 0 aliphatic rings. The lowest BCUT2D eigenvalue weighted by Gasteiger charge is -2.16. The van der Waals surface area contributed by atoms with Crippen molar-refractivity contribution in [2.75, 3.05) is 19.5 Å². The molecule has 2 N–H and O–H groups in total. The number of rotatable bonds is 6. The number of benzene rings is 2. The van der Waals surface area contributed by atoms with Gasteiger partial charge in [0.2, 0.25) is 0 Å². The molecule has 0 saturated heterocycles. The van der Waals surface area contributed by atoms with E-state index in [9.17, 15) is 14.9 Å². The molecule has 25 heavy (non-hydrogen) atoms. The van der Waals surface area contributed by atoms with Gasteiger partial charge >= 0.3 is 0 Å². The average Bonchev–Trinajstić information content (AvgIpc) is 2.60. The molecule has 0 aliphatic carbocycles. The van der Waals surface area contributed by atoms with Gasteiger partial charge in [-0.1, -0.05) is 6.07 Å². The lowest BCUT2D eigenvalue weighted by Crippen LogP contribution is -2.26. The molecule has 2 aromatic carbocycles. The summed E-state index contributed by atoms with van der Waals surface area (Å²) in [6.45, 7) is 1.84. The maximum atomic E-state index is 12.4. The molecule has 0 aliphatic heterocycles. The van der Waals surface area contributed by atoms with Gasteiger partial charge in [-0.2, -0.15) is 0 Å². The third kappa shape index (κ3) is 4.27. The van der Waals surface area contributed by atoms with Gasteiger partial charge in [-0.25, -0.2) is 0 Å². The lowest BCUT2D eigenvalue weighted by molar-refractivity contribution is -0.384. The van der Waals surface area contributed by atoms with Crippen LogP contribution in [-0.4, -0.2) is 25.0 Å². The number of nitro benzene ring substituents is 1. The summed E-state index contributed by atoms with van der Waals surface area (Å²) in [5.41, 5.74) is 1.32. The summed E-state index contributed by atoms with van der Waals surface area (Å²) in [6.07, 6.45) is 0. The van der Waals surface area contributed by atoms with Crippen LogP contribution in [0.5, 0.6) is 5.75 Å². The molecule has 0 spiro atoms. The largest absolute Gasteiger partial charge is 0.496 e. The smallest absolute Gasteiger partial charge is 0.293 e. The summed E-state index contributed by atoms with van der Waals surface area (Å²) in [6, 6.07) is 9.55. The van der Waals surface area contributed by atoms with E-state index in [1.54, 1.807) is 26.3 Å². The van der Waals surface area contributed by atoms with E-state index in [4.69, 9.17) is 4.74 Å². The minimum Gasteiger partial charge on any atom is -0.496 e. The zero-order chi connectivity index (χ0) is 18.6. The monoisotopic (exact) mass is 407 g/mol. The van der Waals surface area contributed by atoms with Gasteiger partial charge in [0.15, 0.2) is 0 Å². The molecule has 0 radical (unpaired) electrons. The molecule has 0 aromatic heterocycles. The molecule has 132 valence electrons. The summed E-state index contributed by atoms with van der Waals surface area (Å²) >= 11 is 3.41. The van der Waals surface area contributed by atoms with Gasteiger partial charge < -0.3 is 15.4 Å². The molecule has 7 nitrogen and oxygen atoms in total. The lowest BCUT2D eigenvalue weighted by atomic mass is 10.1. The third-order valence-corrected chi connectivity index (χ3v) is 4.37. The van der Waals surface area contributed by atoms with Crippen LogP contribution in [0.3, 0.4) is 0 Å². The summed E-state index contributed by atoms with van der Waals surface area (Å²) < 4.78 is 5.96. The van der Waals surface area contributed by atoms with Crippen LogP contribution in [0.2, 0.25) is 0 Å². The number of anilines is 1. The number of carbonyl (C=O) groups excluding carboxylic acids is 1. The van der Waals surface area contributed by atoms with Crippen LogP contribution < -0.4 is 15.4 Å². The van der Waals surface area contributed by atoms with Crippen LogP contribution in [0.4, 0.5) is 11.4 Å². The number of nitrogens with one attached hydrogen (secondary N) is 2. The van der Waals surface area contributed by atoms with Crippen molar-refractivity contribution in [3.8, 4) is 5.75 Å². The van der Waals surface area contributed by atoms with Crippen molar-refractivity contribution >= 4 is 33.2 Å². The number of nitrogens with zero attached hydrogens (tertiary/aromatic N) is 1. The van der Waals surface area contributed by atoms with Crippen molar-refractivity contribution in [2.45, 2.75) is 13.0 Å². The van der Waals surface area contributed by atoms with Crippen molar-refractivity contribution in [1.29, 1.82) is 0 Å². The number of amides is 1. The summed E-state index contributed by atoms with van der Waals surface area (Å²) in [4.78, 5) is 23.0. The fraction of sp³-hybridized carbons (Fsp3) is 0.235. The Morgan fingerprint density at radius 3 is 2.56 bits per heavy atom. The molecule has 0 unspecified atom stereocenters. The SMILES string of the molecule is CNc1ccc(C(=O)N[C@@H](C)c2ccc(OC)c(Br)c2)cc1[N+](=O)[O-]. The quantitative estimate of drug-likeness (QED) is 0.559. The van der Waals surface area contributed by atoms with Gasteiger partial charge in [-0.3, -0.25) is 14.9 Å². The van der Waals surface area contributed by atoms with E-state index in [2.05, 4.69) is 26.6 Å². The number of carbonyl (C=O) groups is 1. The minimum absolute atomic E-state index is 0.144. The fourth-order valence-electron chi connectivity index (χ4n) is 2.35. The van der Waals surface area contributed by atoms with Crippen LogP contribution >= 0.6 is 15.9 Å². The Hall–Kier alpha value is -2.61. The molecule has 0 bridgehead atoms. The van der Waals surface area contributed by atoms with Gasteiger partial charge in [-0.15, -0.1) is 0 Å². The van der Waals surface area contributed by atoms with E-state index in [1.165, 1.54) is 12.1 Å². The Balaban J connectivity index is 2.20. The Morgan fingerprint density at radius 2 is 2.00 bits per heavy atom. The number of halogens is 1. The summed E-state index contributed by atoms with van der Waals surface area (Å²) in [5.74, 6) is 0.311. The number of methoxy groups -OCH3 is 1. The fourth-order valence-corrected chi connectivity index (χ4v) is 2.91. The predicted octanol–water partition coefficient (Wildman–Crippen LogP) is 3.90. The second-order valence-electron chi connectivity index (χ2n) is 5.33. The molecule has 8 heteroatoms. The normalized spacial score (nSPS) is 11.5. The molecular formula is C17H18BrN3O4. The first-order chi connectivity index (χ1) is 11.9. The van der Waals surface area contributed by atoms with E-state index in [1.807, 2.05) is 19.1 Å². The van der Waals surface area contributed by atoms with E-state index in [0.29, 0.717) is 11.4 Å². The molecule has 2 rings (SSSR count). The van der Waals surface area contributed by atoms with Gasteiger partial charge in [0.25, 0.3) is 11.6 Å². The topological polar surface area (TPSA) is 93.5 Å². The zero-order valence-electron chi connectivity index (χ0n) is 14.0. The second-order valence-corrected chi connectivity index (χ2v) is 6.18.